The molecule has 1 atom stereocenters. The van der Waals surface area contributed by atoms with E-state index in [1.807, 2.05) is 39.1 Å². The van der Waals surface area contributed by atoms with E-state index in [0.29, 0.717) is 18.6 Å². The first-order valence-corrected chi connectivity index (χ1v) is 10.9. The Morgan fingerprint density at radius 3 is 2.44 bits per heavy atom. The van der Waals surface area contributed by atoms with Crippen LogP contribution in [0.15, 0.2) is 42.4 Å². The molecule has 8 heteroatoms. The number of dihydropyridines is 1. The summed E-state index contributed by atoms with van der Waals surface area (Å²) in [4.78, 5) is 32.9. The van der Waals surface area contributed by atoms with Crippen molar-refractivity contribution < 1.29 is 14.3 Å². The molecule has 1 aliphatic rings. The van der Waals surface area contributed by atoms with Crippen molar-refractivity contribution in [3.8, 4) is 0 Å². The quantitative estimate of drug-likeness (QED) is 0.670. The fourth-order valence-electron chi connectivity index (χ4n) is 3.13. The summed E-state index contributed by atoms with van der Waals surface area (Å²) in [6.45, 7) is 11.4. The van der Waals surface area contributed by atoms with Gasteiger partial charge in [0, 0.05) is 41.4 Å². The van der Waals surface area contributed by atoms with Crippen molar-refractivity contribution in [2.24, 2.45) is 0 Å². The lowest BCUT2D eigenvalue weighted by molar-refractivity contribution is -0.119. The van der Waals surface area contributed by atoms with Crippen molar-refractivity contribution in [1.29, 1.82) is 0 Å². The Labute approximate surface area is 191 Å². The van der Waals surface area contributed by atoms with Gasteiger partial charge < -0.3 is 10.1 Å². The number of ether oxygens (including phenoxy) is 1. The maximum absolute atomic E-state index is 12.1. The molecule has 1 amide bonds. The third-order valence-electron chi connectivity index (χ3n) is 4.53. The number of aromatic nitrogens is 2. The maximum Gasteiger partial charge on any atom is 0.413 e. The summed E-state index contributed by atoms with van der Waals surface area (Å²) >= 11 is 0. The van der Waals surface area contributed by atoms with E-state index in [1.54, 1.807) is 39.2 Å². The topological polar surface area (TPSA) is 93.2 Å². The first-order valence-electron chi connectivity index (χ1n) is 10.9. The summed E-state index contributed by atoms with van der Waals surface area (Å²) in [6, 6.07) is 3.36. The van der Waals surface area contributed by atoms with Crippen LogP contribution in [0.2, 0.25) is 6.32 Å². The Balaban J connectivity index is 0.00000176. The number of pyridine rings is 2. The van der Waals surface area contributed by atoms with Gasteiger partial charge in [0.05, 0.1) is 13.5 Å². The predicted molar refractivity (Wildman–Crippen MR) is 131 cm³/mol. The van der Waals surface area contributed by atoms with Gasteiger partial charge in [-0.3, -0.25) is 15.1 Å². The summed E-state index contributed by atoms with van der Waals surface area (Å²) in [5.41, 5.74) is 2.11. The van der Waals surface area contributed by atoms with Crippen molar-refractivity contribution in [2.75, 3.05) is 5.32 Å². The van der Waals surface area contributed by atoms with Crippen LogP contribution >= 0.6 is 0 Å². The smallest absolute Gasteiger partial charge is 0.413 e. The Hall–Kier alpha value is -3.16. The molecule has 1 aliphatic heterocycles. The van der Waals surface area contributed by atoms with Crippen molar-refractivity contribution in [3.05, 3.63) is 48.1 Å². The third kappa shape index (κ3) is 6.67. The van der Waals surface area contributed by atoms with Gasteiger partial charge in [-0.2, -0.15) is 0 Å². The number of carbonyl (C=O) groups is 2. The van der Waals surface area contributed by atoms with E-state index >= 15 is 0 Å². The molecule has 1 radical (unpaired) electrons. The normalized spacial score (nSPS) is 15.5. The lowest BCUT2D eigenvalue weighted by atomic mass is 9.92. The number of anilines is 1. The molecule has 0 spiro atoms. The Morgan fingerprint density at radius 1 is 1.16 bits per heavy atom. The van der Waals surface area contributed by atoms with Gasteiger partial charge in [-0.05, 0) is 45.4 Å². The van der Waals surface area contributed by atoms with Crippen molar-refractivity contribution >= 4 is 41.9 Å². The second kappa shape index (κ2) is 10.9. The molecule has 3 heterocycles. The molecule has 0 saturated carbocycles. The van der Waals surface area contributed by atoms with Gasteiger partial charge in [0.25, 0.3) is 0 Å². The molecular formula is C24H32BN4O3. The Bertz CT molecular complexity index is 1040. The number of nitrogens with zero attached hydrogens (tertiary/aromatic N) is 2. The highest BCUT2D eigenvalue weighted by Crippen LogP contribution is 2.27. The minimum absolute atomic E-state index is 0.125. The number of ketones is 1. The van der Waals surface area contributed by atoms with E-state index in [4.69, 9.17) is 4.74 Å². The van der Waals surface area contributed by atoms with Crippen LogP contribution in [0.1, 0.15) is 53.7 Å². The van der Waals surface area contributed by atoms with E-state index in [2.05, 4.69) is 28.4 Å². The zero-order valence-electron chi connectivity index (χ0n) is 19.8. The maximum atomic E-state index is 12.1. The zero-order chi connectivity index (χ0) is 23.9. The van der Waals surface area contributed by atoms with Crippen molar-refractivity contribution in [1.82, 2.24) is 15.3 Å². The van der Waals surface area contributed by atoms with E-state index in [0.717, 1.165) is 27.6 Å². The zero-order valence-corrected chi connectivity index (χ0v) is 19.8. The van der Waals surface area contributed by atoms with E-state index < -0.39 is 11.7 Å². The predicted octanol–water partition coefficient (Wildman–Crippen LogP) is 4.54. The average molecular weight is 435 g/mol. The molecule has 0 saturated heterocycles. The molecule has 32 heavy (non-hydrogen) atoms. The third-order valence-corrected chi connectivity index (χ3v) is 4.53. The number of fused-ring (bicyclic) bond motifs is 1. The standard InChI is InChI=1S/C22H26BN4O3.C2H6/c1-13-7-18(19(28)5-6-23)25-12-16(13)17-8-14-11-26-20(9-15(14)10-24-17)27-21(29)30-22(2,3)4;1-2/h7-12,18,23,25H,5-6H2,1-4H3,(H,26,27,29);1-2H3. The Kier molecular flexibility index (Phi) is 8.58. The largest absolute Gasteiger partial charge is 0.444 e. The molecule has 169 valence electrons. The molecule has 0 aromatic carbocycles. The van der Waals surface area contributed by atoms with Crippen LogP contribution in [0.4, 0.5) is 10.6 Å². The van der Waals surface area contributed by atoms with E-state index in [-0.39, 0.29) is 11.8 Å². The van der Waals surface area contributed by atoms with Gasteiger partial charge in [-0.15, -0.1) is 0 Å². The summed E-state index contributed by atoms with van der Waals surface area (Å²) < 4.78 is 5.25. The monoisotopic (exact) mass is 435 g/mol. The minimum Gasteiger partial charge on any atom is -0.444 e. The van der Waals surface area contributed by atoms with Gasteiger partial charge in [-0.1, -0.05) is 26.2 Å². The summed E-state index contributed by atoms with van der Waals surface area (Å²) in [5, 5.41) is 7.51. The molecule has 7 nitrogen and oxygen atoms in total. The van der Waals surface area contributed by atoms with Crippen LogP contribution in [0.3, 0.4) is 0 Å². The van der Waals surface area contributed by atoms with Gasteiger partial charge >= 0.3 is 6.09 Å². The van der Waals surface area contributed by atoms with Gasteiger partial charge in [-0.25, -0.2) is 9.78 Å². The molecule has 0 fully saturated rings. The van der Waals surface area contributed by atoms with Crippen LogP contribution < -0.4 is 10.6 Å². The van der Waals surface area contributed by atoms with E-state index in [1.165, 1.54) is 0 Å². The number of carbonyl (C=O) groups excluding carboxylic acids is 2. The van der Waals surface area contributed by atoms with E-state index in [9.17, 15) is 9.59 Å². The van der Waals surface area contributed by atoms with Crippen LogP contribution in [-0.2, 0) is 9.53 Å². The summed E-state index contributed by atoms with van der Waals surface area (Å²) in [7, 11) is 3.74. The first-order chi connectivity index (χ1) is 15.2. The molecule has 2 aromatic rings. The highest BCUT2D eigenvalue weighted by atomic mass is 16.6. The van der Waals surface area contributed by atoms with Gasteiger partial charge in [0.1, 0.15) is 17.5 Å². The number of hydrogen-bond acceptors (Lipinski definition) is 6. The Morgan fingerprint density at radius 2 is 1.81 bits per heavy atom. The molecule has 2 N–H and O–H groups in total. The lowest BCUT2D eigenvalue weighted by Crippen LogP contribution is -2.34. The average Bonchev–Trinajstić information content (AvgIpc) is 2.73. The molecular weight excluding hydrogens is 403 g/mol. The van der Waals surface area contributed by atoms with Gasteiger partial charge in [0.2, 0.25) is 0 Å². The van der Waals surface area contributed by atoms with Crippen LogP contribution in [0, 0.1) is 0 Å². The van der Waals surface area contributed by atoms with Crippen LogP contribution in [0.5, 0.6) is 0 Å². The number of rotatable bonds is 5. The second-order valence-corrected chi connectivity index (χ2v) is 8.24. The highest BCUT2D eigenvalue weighted by molar-refractivity contribution is 6.10. The first kappa shape index (κ1) is 25.1. The molecule has 1 unspecified atom stereocenters. The fourth-order valence-corrected chi connectivity index (χ4v) is 3.13. The summed E-state index contributed by atoms with van der Waals surface area (Å²) in [6.07, 6.45) is 7.66. The minimum atomic E-state index is -0.582. The van der Waals surface area contributed by atoms with Gasteiger partial charge in [0.15, 0.2) is 5.78 Å². The van der Waals surface area contributed by atoms with Crippen LogP contribution in [-0.4, -0.2) is 41.3 Å². The second-order valence-electron chi connectivity index (χ2n) is 8.24. The number of amides is 1. The SMILES string of the molecule is CC.[BH]CCC(=O)C1C=C(C)C(c2cc3cnc(NC(=O)OC(C)(C)C)cc3cn2)=CN1. The number of hydrogen-bond donors (Lipinski definition) is 2. The van der Waals surface area contributed by atoms with Crippen LogP contribution in [0.25, 0.3) is 16.3 Å². The lowest BCUT2D eigenvalue weighted by Gasteiger charge is -2.21. The molecule has 2 aromatic heterocycles. The molecule has 3 rings (SSSR count). The summed E-state index contributed by atoms with van der Waals surface area (Å²) in [5.74, 6) is 0.521. The molecule has 0 aliphatic carbocycles. The highest BCUT2D eigenvalue weighted by Gasteiger charge is 2.20. The molecule has 0 bridgehead atoms. The fraction of sp³-hybridized carbons (Fsp3) is 0.417. The number of nitrogens with one attached hydrogen (secondary N) is 2. The van der Waals surface area contributed by atoms with Crippen molar-refractivity contribution in [3.63, 3.8) is 0 Å². The number of Topliss-reactive ketones (excluding diaryl/α,β-unsaturated/α-hetero) is 1. The van der Waals surface area contributed by atoms with Crippen molar-refractivity contribution in [2.45, 2.75) is 65.9 Å². The number of allylic oxidation sites excluding steroid dienone is 2.